The molecule has 96 valence electrons. The van der Waals surface area contributed by atoms with E-state index in [0.717, 1.165) is 29.5 Å². The molecule has 0 aromatic heterocycles. The Morgan fingerprint density at radius 1 is 1.32 bits per heavy atom. The molecule has 2 aromatic carbocycles. The molecule has 0 radical (unpaired) electrons. The molecule has 1 aliphatic heterocycles. The smallest absolute Gasteiger partial charge is 0.277 e. The van der Waals surface area contributed by atoms with Gasteiger partial charge < -0.3 is 4.74 Å². The van der Waals surface area contributed by atoms with E-state index < -0.39 is 0 Å². The lowest BCUT2D eigenvalue weighted by Crippen LogP contribution is -2.07. The number of hydrogen-bond donors (Lipinski definition) is 0. The van der Waals surface area contributed by atoms with E-state index in [9.17, 15) is 10.1 Å². The normalized spacial score (nSPS) is 13.8. The minimum absolute atomic E-state index is 0.141. The number of non-ortho nitro benzene ring substituents is 1. The standard InChI is InChI=1S/C14H12N2O3/c1-19-14-6-5-10-7-11-9(8-12(10)15-14)3-2-4-13(11)16(17)18/h2-4,7-8H,5-6H2,1H3. The van der Waals surface area contributed by atoms with Crippen LogP contribution in [0.3, 0.4) is 0 Å². The molecule has 1 aliphatic rings. The van der Waals surface area contributed by atoms with Crippen LogP contribution in [0.5, 0.6) is 0 Å². The second-order valence-corrected chi connectivity index (χ2v) is 4.45. The zero-order valence-corrected chi connectivity index (χ0v) is 10.4. The monoisotopic (exact) mass is 256 g/mol. The van der Waals surface area contributed by atoms with E-state index in [4.69, 9.17) is 4.74 Å². The fourth-order valence-corrected chi connectivity index (χ4v) is 2.38. The summed E-state index contributed by atoms with van der Waals surface area (Å²) in [5.74, 6) is 0.706. The van der Waals surface area contributed by atoms with Crippen LogP contribution in [0.15, 0.2) is 35.3 Å². The second-order valence-electron chi connectivity index (χ2n) is 4.45. The van der Waals surface area contributed by atoms with Gasteiger partial charge >= 0.3 is 0 Å². The van der Waals surface area contributed by atoms with Gasteiger partial charge in [-0.25, -0.2) is 4.99 Å². The predicted octanol–water partition coefficient (Wildman–Crippen LogP) is 3.37. The number of rotatable bonds is 1. The molecule has 0 unspecified atom stereocenters. The van der Waals surface area contributed by atoms with E-state index in [1.165, 1.54) is 6.07 Å². The van der Waals surface area contributed by atoms with Gasteiger partial charge in [-0.15, -0.1) is 0 Å². The van der Waals surface area contributed by atoms with Crippen LogP contribution in [0.1, 0.15) is 12.0 Å². The van der Waals surface area contributed by atoms with Crippen LogP contribution in [-0.4, -0.2) is 17.9 Å². The van der Waals surface area contributed by atoms with Crippen molar-refractivity contribution in [2.24, 2.45) is 4.99 Å². The SMILES string of the molecule is COC1=Nc2cc3cccc([N+](=O)[O-])c3cc2CC1. The summed E-state index contributed by atoms with van der Waals surface area (Å²) in [5.41, 5.74) is 2.01. The molecule has 0 amide bonds. The molecule has 0 bridgehead atoms. The molecule has 19 heavy (non-hydrogen) atoms. The van der Waals surface area contributed by atoms with Crippen LogP contribution in [0.2, 0.25) is 0 Å². The average molecular weight is 256 g/mol. The molecule has 1 heterocycles. The van der Waals surface area contributed by atoms with Crippen molar-refractivity contribution in [3.8, 4) is 0 Å². The van der Waals surface area contributed by atoms with E-state index in [1.54, 1.807) is 13.2 Å². The van der Waals surface area contributed by atoms with Crippen molar-refractivity contribution in [2.45, 2.75) is 12.8 Å². The number of aliphatic imine (C=N–C) groups is 1. The summed E-state index contributed by atoms with van der Waals surface area (Å²) in [6.07, 6.45) is 1.53. The minimum Gasteiger partial charge on any atom is -0.484 e. The highest BCUT2D eigenvalue weighted by atomic mass is 16.6. The first-order valence-electron chi connectivity index (χ1n) is 6.00. The Hall–Kier alpha value is -2.43. The fraction of sp³-hybridized carbons (Fsp3) is 0.214. The van der Waals surface area contributed by atoms with E-state index >= 15 is 0 Å². The molecule has 0 spiro atoms. The van der Waals surface area contributed by atoms with E-state index in [1.807, 2.05) is 18.2 Å². The highest BCUT2D eigenvalue weighted by Gasteiger charge is 2.17. The number of nitro groups is 1. The molecule has 0 fully saturated rings. The molecule has 0 saturated carbocycles. The lowest BCUT2D eigenvalue weighted by molar-refractivity contribution is -0.383. The average Bonchev–Trinajstić information content (AvgIpc) is 2.43. The van der Waals surface area contributed by atoms with Crippen LogP contribution >= 0.6 is 0 Å². The highest BCUT2D eigenvalue weighted by molar-refractivity contribution is 5.95. The first-order valence-corrected chi connectivity index (χ1v) is 6.00. The van der Waals surface area contributed by atoms with Crippen molar-refractivity contribution in [3.63, 3.8) is 0 Å². The summed E-state index contributed by atoms with van der Waals surface area (Å²) in [4.78, 5) is 15.1. The Bertz CT molecular complexity index is 707. The van der Waals surface area contributed by atoms with Gasteiger partial charge in [0.05, 0.1) is 23.1 Å². The Morgan fingerprint density at radius 3 is 2.89 bits per heavy atom. The Balaban J connectivity index is 2.25. The number of nitrogens with zero attached hydrogens (tertiary/aromatic N) is 2. The van der Waals surface area contributed by atoms with Gasteiger partial charge in [-0.3, -0.25) is 10.1 Å². The maximum absolute atomic E-state index is 11.0. The number of benzene rings is 2. The summed E-state index contributed by atoms with van der Waals surface area (Å²) in [5, 5.41) is 12.5. The van der Waals surface area contributed by atoms with Crippen molar-refractivity contribution < 1.29 is 9.66 Å². The lowest BCUT2D eigenvalue weighted by Gasteiger charge is -2.15. The van der Waals surface area contributed by atoms with Gasteiger partial charge in [0.25, 0.3) is 5.69 Å². The maximum Gasteiger partial charge on any atom is 0.277 e. The molecule has 0 aliphatic carbocycles. The van der Waals surface area contributed by atoms with E-state index in [0.29, 0.717) is 11.3 Å². The molecular formula is C14H12N2O3. The molecule has 0 saturated heterocycles. The Morgan fingerprint density at radius 2 is 2.16 bits per heavy atom. The number of fused-ring (bicyclic) bond motifs is 2. The van der Waals surface area contributed by atoms with Crippen molar-refractivity contribution in [1.82, 2.24) is 0 Å². The van der Waals surface area contributed by atoms with Gasteiger partial charge in [0, 0.05) is 12.5 Å². The van der Waals surface area contributed by atoms with Gasteiger partial charge in [0.1, 0.15) is 0 Å². The van der Waals surface area contributed by atoms with Gasteiger partial charge in [0.15, 0.2) is 5.90 Å². The largest absolute Gasteiger partial charge is 0.484 e. The molecule has 3 rings (SSSR count). The molecule has 0 N–H and O–H groups in total. The molecule has 5 nitrogen and oxygen atoms in total. The molecular weight excluding hydrogens is 244 g/mol. The topological polar surface area (TPSA) is 64.7 Å². The number of methoxy groups -OCH3 is 1. The van der Waals surface area contributed by atoms with Crippen LogP contribution in [-0.2, 0) is 11.2 Å². The van der Waals surface area contributed by atoms with Crippen LogP contribution in [0, 0.1) is 10.1 Å². The third-order valence-electron chi connectivity index (χ3n) is 3.34. The predicted molar refractivity (Wildman–Crippen MR) is 73.0 cm³/mol. The van der Waals surface area contributed by atoms with Crippen LogP contribution in [0.4, 0.5) is 11.4 Å². The van der Waals surface area contributed by atoms with Crippen molar-refractivity contribution in [2.75, 3.05) is 7.11 Å². The number of hydrogen-bond acceptors (Lipinski definition) is 4. The third-order valence-corrected chi connectivity index (χ3v) is 3.34. The molecule has 5 heteroatoms. The van der Waals surface area contributed by atoms with E-state index in [-0.39, 0.29) is 10.6 Å². The maximum atomic E-state index is 11.0. The first-order chi connectivity index (χ1) is 9.19. The first kappa shape index (κ1) is 11.6. The number of ether oxygens (including phenoxy) is 1. The molecule has 0 atom stereocenters. The van der Waals surface area contributed by atoms with Crippen molar-refractivity contribution >= 4 is 28.0 Å². The number of aryl methyl sites for hydroxylation is 1. The van der Waals surface area contributed by atoms with Gasteiger partial charge in [0.2, 0.25) is 0 Å². The van der Waals surface area contributed by atoms with Gasteiger partial charge in [-0.05, 0) is 29.5 Å². The van der Waals surface area contributed by atoms with Crippen LogP contribution in [0.25, 0.3) is 10.8 Å². The van der Waals surface area contributed by atoms with Gasteiger partial charge in [-0.1, -0.05) is 12.1 Å². The Labute approximate surface area is 109 Å². The quantitative estimate of drug-likeness (QED) is 0.580. The fourth-order valence-electron chi connectivity index (χ4n) is 2.38. The lowest BCUT2D eigenvalue weighted by atomic mass is 9.99. The number of nitro benzene ring substituents is 1. The zero-order valence-electron chi connectivity index (χ0n) is 10.4. The minimum atomic E-state index is -0.346. The van der Waals surface area contributed by atoms with E-state index in [2.05, 4.69) is 4.99 Å². The van der Waals surface area contributed by atoms with Crippen molar-refractivity contribution in [3.05, 3.63) is 46.0 Å². The Kier molecular flexibility index (Phi) is 2.67. The summed E-state index contributed by atoms with van der Waals surface area (Å²) >= 11 is 0. The highest BCUT2D eigenvalue weighted by Crippen LogP contribution is 2.34. The summed E-state index contributed by atoms with van der Waals surface area (Å²) < 4.78 is 5.16. The van der Waals surface area contributed by atoms with Crippen LogP contribution < -0.4 is 0 Å². The second kappa shape index (κ2) is 4.35. The molecule has 2 aromatic rings. The summed E-state index contributed by atoms with van der Waals surface area (Å²) in [6, 6.07) is 8.84. The summed E-state index contributed by atoms with van der Waals surface area (Å²) in [7, 11) is 1.61. The van der Waals surface area contributed by atoms with Gasteiger partial charge in [-0.2, -0.15) is 0 Å². The van der Waals surface area contributed by atoms with Crippen molar-refractivity contribution in [1.29, 1.82) is 0 Å². The zero-order chi connectivity index (χ0) is 13.4. The summed E-state index contributed by atoms with van der Waals surface area (Å²) in [6.45, 7) is 0. The third kappa shape index (κ3) is 1.93.